The topological polar surface area (TPSA) is 93.6 Å². The van der Waals surface area contributed by atoms with Gasteiger partial charge in [-0.15, -0.1) is 0 Å². The van der Waals surface area contributed by atoms with Crippen molar-refractivity contribution in [2.45, 2.75) is 23.8 Å². The van der Waals surface area contributed by atoms with Crippen LogP contribution in [0.4, 0.5) is 0 Å². The Bertz CT molecular complexity index is 562. The SMILES string of the molecule is CN(C(=O)c1cc(S(N)(=O)=O)c(Br)o1)C1CC1. The van der Waals surface area contributed by atoms with Crippen LogP contribution >= 0.6 is 15.9 Å². The van der Waals surface area contributed by atoms with E-state index < -0.39 is 10.0 Å². The van der Waals surface area contributed by atoms with Crippen LogP contribution in [0, 0.1) is 0 Å². The third-order valence-electron chi connectivity index (χ3n) is 2.59. The molecule has 0 spiro atoms. The highest BCUT2D eigenvalue weighted by atomic mass is 79.9. The molecule has 0 saturated heterocycles. The van der Waals surface area contributed by atoms with E-state index in [0.29, 0.717) is 0 Å². The Labute approximate surface area is 107 Å². The minimum atomic E-state index is -3.89. The lowest BCUT2D eigenvalue weighted by Gasteiger charge is -2.13. The number of amides is 1. The molecule has 0 bridgehead atoms. The van der Waals surface area contributed by atoms with Crippen LogP contribution in [0.1, 0.15) is 23.4 Å². The van der Waals surface area contributed by atoms with Crippen LogP contribution in [-0.4, -0.2) is 32.3 Å². The molecule has 2 rings (SSSR count). The zero-order valence-electron chi connectivity index (χ0n) is 9.01. The van der Waals surface area contributed by atoms with Crippen molar-refractivity contribution in [3.8, 4) is 0 Å². The molecule has 17 heavy (non-hydrogen) atoms. The molecule has 0 aromatic carbocycles. The van der Waals surface area contributed by atoms with E-state index in [0.717, 1.165) is 18.9 Å². The fraction of sp³-hybridized carbons (Fsp3) is 0.444. The average Bonchev–Trinajstić information content (AvgIpc) is 2.98. The lowest BCUT2D eigenvalue weighted by Crippen LogP contribution is -2.28. The summed E-state index contributed by atoms with van der Waals surface area (Å²) in [7, 11) is -2.23. The number of primary sulfonamides is 1. The molecule has 1 saturated carbocycles. The number of hydrogen-bond donors (Lipinski definition) is 1. The molecule has 0 radical (unpaired) electrons. The van der Waals surface area contributed by atoms with Gasteiger partial charge in [-0.2, -0.15) is 0 Å². The van der Waals surface area contributed by atoms with E-state index in [4.69, 9.17) is 9.56 Å². The van der Waals surface area contributed by atoms with Crippen molar-refractivity contribution >= 4 is 31.9 Å². The standard InChI is InChI=1S/C9H11BrN2O4S/c1-12(5-2-3-5)9(13)6-4-7(8(10)16-6)17(11,14)15/h4-5H,2-3H2,1H3,(H2,11,14,15). The Morgan fingerprint density at radius 1 is 1.59 bits per heavy atom. The van der Waals surface area contributed by atoms with Crippen LogP contribution in [0.3, 0.4) is 0 Å². The number of hydrogen-bond acceptors (Lipinski definition) is 4. The second kappa shape index (κ2) is 4.11. The molecule has 2 N–H and O–H groups in total. The fourth-order valence-corrected chi connectivity index (χ4v) is 2.96. The third-order valence-corrected chi connectivity index (χ3v) is 4.36. The lowest BCUT2D eigenvalue weighted by molar-refractivity contribution is 0.0752. The van der Waals surface area contributed by atoms with Gasteiger partial charge >= 0.3 is 0 Å². The third kappa shape index (κ3) is 2.53. The number of furan rings is 1. The molecule has 8 heteroatoms. The first-order valence-corrected chi connectivity index (χ1v) is 7.24. The van der Waals surface area contributed by atoms with Crippen molar-refractivity contribution in [3.05, 3.63) is 16.5 Å². The molecule has 1 aliphatic rings. The highest BCUT2D eigenvalue weighted by Crippen LogP contribution is 2.30. The minimum absolute atomic E-state index is 0.0321. The van der Waals surface area contributed by atoms with E-state index >= 15 is 0 Å². The summed E-state index contributed by atoms with van der Waals surface area (Å²) < 4.78 is 27.4. The van der Waals surface area contributed by atoms with Crippen LogP contribution in [-0.2, 0) is 10.0 Å². The zero-order chi connectivity index (χ0) is 12.8. The van der Waals surface area contributed by atoms with Crippen molar-refractivity contribution in [1.29, 1.82) is 0 Å². The molecule has 1 amide bonds. The van der Waals surface area contributed by atoms with Gasteiger partial charge in [0.2, 0.25) is 10.0 Å². The Hall–Kier alpha value is -0.860. The number of carbonyl (C=O) groups excluding carboxylic acids is 1. The highest BCUT2D eigenvalue weighted by Gasteiger charge is 2.32. The Kier molecular flexibility index (Phi) is 3.04. The Morgan fingerprint density at radius 2 is 2.18 bits per heavy atom. The maximum absolute atomic E-state index is 11.9. The summed E-state index contributed by atoms with van der Waals surface area (Å²) in [6, 6.07) is 1.37. The normalized spacial score (nSPS) is 15.9. The maximum Gasteiger partial charge on any atom is 0.289 e. The van der Waals surface area contributed by atoms with Gasteiger partial charge in [-0.05, 0) is 28.8 Å². The summed E-state index contributed by atoms with van der Waals surface area (Å²) in [5.74, 6) is -0.376. The van der Waals surface area contributed by atoms with Gasteiger partial charge in [0, 0.05) is 19.2 Å². The second-order valence-electron chi connectivity index (χ2n) is 3.94. The van der Waals surface area contributed by atoms with Gasteiger partial charge < -0.3 is 9.32 Å². The van der Waals surface area contributed by atoms with E-state index in [1.54, 1.807) is 7.05 Å². The van der Waals surface area contributed by atoms with Crippen LogP contribution in [0.2, 0.25) is 0 Å². The van der Waals surface area contributed by atoms with E-state index in [9.17, 15) is 13.2 Å². The quantitative estimate of drug-likeness (QED) is 0.895. The van der Waals surface area contributed by atoms with Crippen molar-refractivity contribution < 1.29 is 17.6 Å². The Morgan fingerprint density at radius 3 is 2.59 bits per heavy atom. The second-order valence-corrected chi connectivity index (χ2v) is 6.19. The first-order valence-electron chi connectivity index (χ1n) is 4.90. The van der Waals surface area contributed by atoms with Crippen LogP contribution in [0.15, 0.2) is 20.0 Å². The van der Waals surface area contributed by atoms with Crippen LogP contribution in [0.5, 0.6) is 0 Å². The van der Waals surface area contributed by atoms with Gasteiger partial charge in [0.1, 0.15) is 4.90 Å². The number of halogens is 1. The minimum Gasteiger partial charge on any atom is -0.443 e. The lowest BCUT2D eigenvalue weighted by atomic mass is 10.4. The number of nitrogens with zero attached hydrogens (tertiary/aromatic N) is 1. The summed E-state index contributed by atoms with van der Waals surface area (Å²) in [6.45, 7) is 0. The molecule has 1 aromatic rings. The van der Waals surface area contributed by atoms with Gasteiger partial charge in [0.05, 0.1) is 0 Å². The van der Waals surface area contributed by atoms with Crippen molar-refractivity contribution in [2.75, 3.05) is 7.05 Å². The first-order chi connectivity index (χ1) is 7.80. The molecule has 0 atom stereocenters. The maximum atomic E-state index is 11.9. The molecule has 94 valence electrons. The van der Waals surface area contributed by atoms with E-state index in [1.807, 2.05) is 0 Å². The summed E-state index contributed by atoms with van der Waals surface area (Å²) in [5.41, 5.74) is 0. The summed E-state index contributed by atoms with van der Waals surface area (Å²) in [4.78, 5) is 13.2. The summed E-state index contributed by atoms with van der Waals surface area (Å²) in [6.07, 6.45) is 1.93. The molecule has 0 aliphatic heterocycles. The smallest absolute Gasteiger partial charge is 0.289 e. The van der Waals surface area contributed by atoms with Crippen molar-refractivity contribution in [1.82, 2.24) is 4.90 Å². The highest BCUT2D eigenvalue weighted by molar-refractivity contribution is 9.10. The molecule has 1 aromatic heterocycles. The van der Waals surface area contributed by atoms with E-state index in [2.05, 4.69) is 15.9 Å². The number of nitrogens with two attached hydrogens (primary N) is 1. The fourth-order valence-electron chi connectivity index (χ4n) is 1.45. The molecule has 1 heterocycles. The average molecular weight is 323 g/mol. The van der Waals surface area contributed by atoms with E-state index in [-0.39, 0.29) is 27.3 Å². The van der Waals surface area contributed by atoms with Gasteiger partial charge in [-0.3, -0.25) is 4.79 Å². The van der Waals surface area contributed by atoms with Crippen molar-refractivity contribution in [3.63, 3.8) is 0 Å². The summed E-state index contributed by atoms with van der Waals surface area (Å²) >= 11 is 2.93. The van der Waals surface area contributed by atoms with Gasteiger partial charge in [0.15, 0.2) is 10.4 Å². The Balaban J connectivity index is 2.31. The van der Waals surface area contributed by atoms with Gasteiger partial charge in [-0.1, -0.05) is 0 Å². The van der Waals surface area contributed by atoms with Gasteiger partial charge in [-0.25, -0.2) is 13.6 Å². The van der Waals surface area contributed by atoms with Crippen molar-refractivity contribution in [2.24, 2.45) is 5.14 Å². The molecule has 6 nitrogen and oxygen atoms in total. The zero-order valence-corrected chi connectivity index (χ0v) is 11.4. The number of sulfonamides is 1. The van der Waals surface area contributed by atoms with Crippen LogP contribution < -0.4 is 5.14 Å². The first kappa shape index (κ1) is 12.6. The molecule has 1 aliphatic carbocycles. The van der Waals surface area contributed by atoms with Crippen LogP contribution in [0.25, 0.3) is 0 Å². The number of carbonyl (C=O) groups is 1. The summed E-state index contributed by atoms with van der Waals surface area (Å²) in [5, 5.41) is 4.98. The number of rotatable bonds is 3. The van der Waals surface area contributed by atoms with Gasteiger partial charge in [0.25, 0.3) is 5.91 Å². The monoisotopic (exact) mass is 322 g/mol. The molecular weight excluding hydrogens is 312 g/mol. The molecule has 1 fully saturated rings. The predicted octanol–water partition coefficient (Wildman–Crippen LogP) is 0.924. The molecular formula is C9H11BrN2O4S. The predicted molar refractivity (Wildman–Crippen MR) is 62.9 cm³/mol. The van der Waals surface area contributed by atoms with E-state index in [1.165, 1.54) is 4.90 Å². The molecule has 0 unspecified atom stereocenters. The largest absolute Gasteiger partial charge is 0.443 e.